The fourth-order valence-electron chi connectivity index (χ4n) is 4.69. The Kier molecular flexibility index (Phi) is 6.59. The topological polar surface area (TPSA) is 71.7 Å². The summed E-state index contributed by atoms with van der Waals surface area (Å²) in [5, 5.41) is 9.99. The van der Waals surface area contributed by atoms with Crippen molar-refractivity contribution in [3.05, 3.63) is 16.4 Å². The number of aromatic nitrogens is 1. The molecule has 0 spiro atoms. The molecule has 0 bridgehead atoms. The van der Waals surface area contributed by atoms with Crippen LogP contribution in [0.1, 0.15) is 93.1 Å². The van der Waals surface area contributed by atoms with Gasteiger partial charge in [0.1, 0.15) is 4.67 Å². The zero-order valence-corrected chi connectivity index (χ0v) is 20.2. The molecule has 2 rings (SSSR count). The molecular weight excluding hydrogens is 384 g/mol. The van der Waals surface area contributed by atoms with Crippen LogP contribution < -0.4 is 4.67 Å². The summed E-state index contributed by atoms with van der Waals surface area (Å²) in [6.07, 6.45) is 6.75. The highest BCUT2D eigenvalue weighted by atomic mass is 32.1. The van der Waals surface area contributed by atoms with Gasteiger partial charge >= 0.3 is 5.97 Å². The lowest BCUT2D eigenvalue weighted by molar-refractivity contribution is -0.160. The Morgan fingerprint density at radius 2 is 1.83 bits per heavy atom. The normalized spacial score (nSPS) is 27.4. The van der Waals surface area contributed by atoms with Crippen LogP contribution in [0.15, 0.2) is 11.2 Å². The van der Waals surface area contributed by atoms with Crippen molar-refractivity contribution in [1.29, 1.82) is 0 Å². The highest BCUT2D eigenvalue weighted by Gasteiger charge is 2.66. The summed E-state index contributed by atoms with van der Waals surface area (Å²) in [4.78, 5) is 30.3. The Hall–Kier alpha value is -1.43. The van der Waals surface area contributed by atoms with Gasteiger partial charge in [0, 0.05) is 17.3 Å². The Morgan fingerprint density at radius 3 is 2.28 bits per heavy atom. The molecule has 1 aromatic rings. The van der Waals surface area contributed by atoms with Crippen LogP contribution in [-0.4, -0.2) is 20.9 Å². The molecule has 1 fully saturated rings. The van der Waals surface area contributed by atoms with E-state index in [4.69, 9.17) is 0 Å². The summed E-state index contributed by atoms with van der Waals surface area (Å²) >= 11 is 1.53. The number of carboxylic acid groups (broad SMARTS) is 1. The monoisotopic (exact) mass is 422 g/mol. The van der Waals surface area contributed by atoms with Gasteiger partial charge < -0.3 is 5.11 Å². The molecular formula is C23H38N2O3S. The van der Waals surface area contributed by atoms with Crippen LogP contribution in [0.2, 0.25) is 0 Å². The molecule has 1 aliphatic carbocycles. The van der Waals surface area contributed by atoms with E-state index in [0.29, 0.717) is 19.3 Å². The molecule has 0 aromatic carbocycles. The lowest BCUT2D eigenvalue weighted by atomic mass is 9.57. The minimum atomic E-state index is -0.890. The first-order valence-corrected chi connectivity index (χ1v) is 11.6. The van der Waals surface area contributed by atoms with Crippen LogP contribution in [0, 0.1) is 16.2 Å². The van der Waals surface area contributed by atoms with Crippen molar-refractivity contribution in [2.45, 2.75) is 99.5 Å². The molecule has 0 aliphatic heterocycles. The number of carbonyl (C=O) groups is 2. The van der Waals surface area contributed by atoms with Gasteiger partial charge in [-0.25, -0.2) is 4.99 Å². The number of hydrogen-bond donors (Lipinski definition) is 1. The maximum Gasteiger partial charge on any atom is 0.310 e. The molecule has 164 valence electrons. The van der Waals surface area contributed by atoms with Crippen molar-refractivity contribution in [2.75, 3.05) is 0 Å². The average Bonchev–Trinajstić information content (AvgIpc) is 3.11. The van der Waals surface area contributed by atoms with Gasteiger partial charge in [0.25, 0.3) is 5.91 Å². The van der Waals surface area contributed by atoms with Gasteiger partial charge in [-0.15, -0.1) is 0 Å². The Balaban J connectivity index is 2.54. The lowest BCUT2D eigenvalue weighted by Crippen LogP contribution is -2.49. The minimum absolute atomic E-state index is 0.0698. The number of unbranched alkanes of at least 4 members (excludes halogenated alkanes) is 1. The van der Waals surface area contributed by atoms with E-state index >= 15 is 0 Å². The van der Waals surface area contributed by atoms with Gasteiger partial charge in [-0.05, 0) is 69.8 Å². The molecule has 6 heteroatoms. The zero-order valence-electron chi connectivity index (χ0n) is 19.4. The van der Waals surface area contributed by atoms with E-state index < -0.39 is 22.2 Å². The quantitative estimate of drug-likeness (QED) is 0.669. The fourth-order valence-corrected chi connectivity index (χ4v) is 5.72. The first kappa shape index (κ1) is 23.8. The number of aliphatic carboxylic acids is 1. The molecule has 0 radical (unpaired) electrons. The van der Waals surface area contributed by atoms with Crippen molar-refractivity contribution in [1.82, 2.24) is 3.96 Å². The average molecular weight is 423 g/mol. The van der Waals surface area contributed by atoms with Crippen LogP contribution in [0.4, 0.5) is 0 Å². The molecule has 0 unspecified atom stereocenters. The fraction of sp³-hybridized carbons (Fsp3) is 0.783. The number of carbonyl (C=O) groups excluding carboxylic acids is 1. The first-order valence-electron chi connectivity index (χ1n) is 10.8. The molecule has 1 amide bonds. The van der Waals surface area contributed by atoms with Crippen LogP contribution in [0.5, 0.6) is 0 Å². The maximum absolute atomic E-state index is 13.5. The first-order chi connectivity index (χ1) is 13.3. The van der Waals surface area contributed by atoms with Crippen molar-refractivity contribution in [3.8, 4) is 0 Å². The van der Waals surface area contributed by atoms with E-state index in [0.717, 1.165) is 29.5 Å². The van der Waals surface area contributed by atoms with Crippen molar-refractivity contribution < 1.29 is 14.7 Å². The highest BCUT2D eigenvalue weighted by molar-refractivity contribution is 7.04. The Labute approximate surface area is 179 Å². The molecule has 29 heavy (non-hydrogen) atoms. The largest absolute Gasteiger partial charge is 0.481 e. The minimum Gasteiger partial charge on any atom is -0.481 e. The molecule has 5 nitrogen and oxygen atoms in total. The predicted molar refractivity (Wildman–Crippen MR) is 118 cm³/mol. The van der Waals surface area contributed by atoms with Crippen LogP contribution in [-0.2, 0) is 21.5 Å². The van der Waals surface area contributed by atoms with E-state index in [1.807, 2.05) is 27.7 Å². The molecule has 1 heterocycles. The van der Waals surface area contributed by atoms with Gasteiger partial charge in [0.15, 0.2) is 0 Å². The summed E-state index contributed by atoms with van der Waals surface area (Å²) < 4.78 is 2.94. The van der Waals surface area contributed by atoms with Crippen molar-refractivity contribution in [2.24, 2.45) is 21.2 Å². The van der Waals surface area contributed by atoms with Gasteiger partial charge in [-0.1, -0.05) is 41.0 Å². The third-order valence-corrected chi connectivity index (χ3v) is 8.89. The van der Waals surface area contributed by atoms with E-state index in [-0.39, 0.29) is 11.4 Å². The molecule has 1 aliphatic rings. The third-order valence-electron chi connectivity index (χ3n) is 7.51. The van der Waals surface area contributed by atoms with Crippen molar-refractivity contribution in [3.63, 3.8) is 0 Å². The molecule has 2 atom stereocenters. The molecule has 1 saturated carbocycles. The van der Waals surface area contributed by atoms with Crippen LogP contribution in [0.25, 0.3) is 0 Å². The number of aryl methyl sites for hydroxylation is 1. The van der Waals surface area contributed by atoms with Crippen molar-refractivity contribution >= 4 is 23.4 Å². The van der Waals surface area contributed by atoms with Gasteiger partial charge in [0.2, 0.25) is 0 Å². The molecule has 0 saturated heterocycles. The molecule has 1 aromatic heterocycles. The lowest BCUT2D eigenvalue weighted by Gasteiger charge is -2.44. The van der Waals surface area contributed by atoms with E-state index in [2.05, 4.69) is 42.8 Å². The second-order valence-corrected chi connectivity index (χ2v) is 11.2. The van der Waals surface area contributed by atoms with E-state index in [1.54, 1.807) is 0 Å². The highest BCUT2D eigenvalue weighted by Crippen LogP contribution is 2.64. The SMILES string of the molecule is CCCCc1cn(C(C)(C)C)sc1=NC(=O)[C@]1(C)CC[C@](CC)(C(=O)O)C1(C)C. The summed E-state index contributed by atoms with van der Waals surface area (Å²) in [6, 6.07) is 0. The standard InChI is InChI=1S/C23H38N2O3S/c1-9-11-12-16-15-25(20(3,4)5)29-17(16)24-18(26)22(8)13-14-23(10-2,19(27)28)21(22,6)7/h15H,9-14H2,1-8H3,(H,27,28)/t22-,23+/m0/s1. The zero-order chi connectivity index (χ0) is 22.3. The number of amides is 1. The maximum atomic E-state index is 13.5. The smallest absolute Gasteiger partial charge is 0.310 e. The summed E-state index contributed by atoms with van der Waals surface area (Å²) in [5.74, 6) is -0.980. The summed E-state index contributed by atoms with van der Waals surface area (Å²) in [7, 11) is 0. The Bertz CT molecular complexity index is 843. The second kappa shape index (κ2) is 8.01. The number of rotatable bonds is 6. The van der Waals surface area contributed by atoms with Gasteiger partial charge in [-0.2, -0.15) is 0 Å². The second-order valence-electron chi connectivity index (χ2n) is 10.3. The van der Waals surface area contributed by atoms with E-state index in [9.17, 15) is 14.7 Å². The molecule has 1 N–H and O–H groups in total. The van der Waals surface area contributed by atoms with Gasteiger partial charge in [-0.3, -0.25) is 13.5 Å². The van der Waals surface area contributed by atoms with Gasteiger partial charge in [0.05, 0.1) is 10.8 Å². The van der Waals surface area contributed by atoms with E-state index in [1.165, 1.54) is 11.5 Å². The van der Waals surface area contributed by atoms with Crippen LogP contribution in [0.3, 0.4) is 0 Å². The summed E-state index contributed by atoms with van der Waals surface area (Å²) in [5.41, 5.74) is -1.32. The Morgan fingerprint density at radius 1 is 1.21 bits per heavy atom. The number of hydrogen-bond acceptors (Lipinski definition) is 3. The third kappa shape index (κ3) is 3.85. The predicted octanol–water partition coefficient (Wildman–Crippen LogP) is 5.38. The number of nitrogens with zero attached hydrogens (tertiary/aromatic N) is 2. The van der Waals surface area contributed by atoms with Crippen LogP contribution >= 0.6 is 11.5 Å². The number of carboxylic acids is 1. The summed E-state index contributed by atoms with van der Waals surface area (Å²) in [6.45, 7) is 16.3.